The van der Waals surface area contributed by atoms with Crippen LogP contribution in [0, 0.1) is 0 Å². The number of imidazole rings is 1. The number of nitrogens with one attached hydrogen (secondary N) is 2. The third-order valence-electron chi connectivity index (χ3n) is 3.95. The predicted octanol–water partition coefficient (Wildman–Crippen LogP) is 2.88. The highest BCUT2D eigenvalue weighted by Crippen LogP contribution is 2.26. The van der Waals surface area contributed by atoms with Crippen LogP contribution in [0.15, 0.2) is 36.9 Å². The van der Waals surface area contributed by atoms with E-state index < -0.39 is 0 Å². The lowest BCUT2D eigenvalue weighted by Crippen LogP contribution is -2.15. The summed E-state index contributed by atoms with van der Waals surface area (Å²) in [6.07, 6.45) is 8.33. The van der Waals surface area contributed by atoms with Crippen LogP contribution in [0.1, 0.15) is 20.3 Å². The Hall–Kier alpha value is -2.96. The number of anilines is 1. The average molecular weight is 307 g/mol. The van der Waals surface area contributed by atoms with E-state index in [9.17, 15) is 0 Å². The van der Waals surface area contributed by atoms with E-state index in [-0.39, 0.29) is 0 Å². The van der Waals surface area contributed by atoms with Crippen LogP contribution in [0.4, 0.5) is 5.95 Å². The van der Waals surface area contributed by atoms with E-state index in [0.717, 1.165) is 34.4 Å². The Labute approximate surface area is 132 Å². The first-order valence-electron chi connectivity index (χ1n) is 7.66. The van der Waals surface area contributed by atoms with Gasteiger partial charge in [0, 0.05) is 41.8 Å². The van der Waals surface area contributed by atoms with Crippen molar-refractivity contribution in [2.45, 2.75) is 26.3 Å². The molecule has 0 aliphatic carbocycles. The van der Waals surface area contributed by atoms with Crippen LogP contribution >= 0.6 is 0 Å². The predicted molar refractivity (Wildman–Crippen MR) is 89.2 cm³/mol. The summed E-state index contributed by atoms with van der Waals surface area (Å²) in [4.78, 5) is 16.4. The number of aromatic amines is 1. The Morgan fingerprint density at radius 1 is 1.30 bits per heavy atom. The number of rotatable bonds is 4. The Bertz CT molecular complexity index is 969. The fraction of sp³-hybridized carbons (Fsp3) is 0.250. The normalized spacial score (nSPS) is 12.8. The zero-order chi connectivity index (χ0) is 15.8. The van der Waals surface area contributed by atoms with Crippen LogP contribution in [0.2, 0.25) is 0 Å². The van der Waals surface area contributed by atoms with E-state index in [2.05, 4.69) is 44.2 Å². The molecule has 7 nitrogen and oxygen atoms in total. The number of hydrogen-bond acceptors (Lipinski definition) is 5. The van der Waals surface area contributed by atoms with Gasteiger partial charge >= 0.3 is 0 Å². The second-order valence-corrected chi connectivity index (χ2v) is 5.56. The number of aromatic nitrogens is 6. The lowest BCUT2D eigenvalue weighted by atomic mass is 10.2. The Kier molecular flexibility index (Phi) is 3.18. The van der Waals surface area contributed by atoms with Crippen molar-refractivity contribution in [3.05, 3.63) is 36.9 Å². The summed E-state index contributed by atoms with van der Waals surface area (Å²) < 4.78 is 1.76. The number of fused-ring (bicyclic) bond motifs is 2. The second kappa shape index (κ2) is 5.35. The number of H-pyrrole nitrogens is 1. The molecule has 2 N–H and O–H groups in total. The second-order valence-electron chi connectivity index (χ2n) is 5.56. The van der Waals surface area contributed by atoms with Gasteiger partial charge in [0.2, 0.25) is 5.95 Å². The molecule has 0 aliphatic rings. The first-order chi connectivity index (χ1) is 11.2. The summed E-state index contributed by atoms with van der Waals surface area (Å²) in [5.41, 5.74) is 3.46. The molecular formula is C16H17N7. The number of hydrogen-bond donors (Lipinski definition) is 2. The molecule has 4 rings (SSSR count). The first-order valence-corrected chi connectivity index (χ1v) is 7.66. The Morgan fingerprint density at radius 2 is 2.22 bits per heavy atom. The molecule has 0 amide bonds. The van der Waals surface area contributed by atoms with Crippen molar-refractivity contribution >= 4 is 22.6 Å². The fourth-order valence-corrected chi connectivity index (χ4v) is 2.47. The topological polar surface area (TPSA) is 83.8 Å². The standard InChI is InChI=1S/C16H17N7/c1-3-10(2)20-16-19-9-12-11(8-18-15(12)21-16)13-4-5-14-17-6-7-23(14)22-13/h4-10H,3H2,1-2H3,(H2,18,19,20,21). The van der Waals surface area contributed by atoms with E-state index in [1.165, 1.54) is 0 Å². The summed E-state index contributed by atoms with van der Waals surface area (Å²) >= 11 is 0. The molecule has 0 saturated heterocycles. The zero-order valence-electron chi connectivity index (χ0n) is 13.0. The van der Waals surface area contributed by atoms with Gasteiger partial charge in [-0.3, -0.25) is 0 Å². The molecule has 1 unspecified atom stereocenters. The minimum Gasteiger partial charge on any atom is -0.352 e. The highest BCUT2D eigenvalue weighted by atomic mass is 15.2. The average Bonchev–Trinajstić information content (AvgIpc) is 3.19. The smallest absolute Gasteiger partial charge is 0.224 e. The molecule has 4 heterocycles. The molecular weight excluding hydrogens is 290 g/mol. The van der Waals surface area contributed by atoms with Crippen LogP contribution in [-0.2, 0) is 0 Å². The zero-order valence-corrected chi connectivity index (χ0v) is 13.0. The maximum Gasteiger partial charge on any atom is 0.224 e. The van der Waals surface area contributed by atoms with Crippen molar-refractivity contribution in [3.8, 4) is 11.3 Å². The highest BCUT2D eigenvalue weighted by Gasteiger charge is 2.11. The Morgan fingerprint density at radius 3 is 3.09 bits per heavy atom. The molecule has 0 bridgehead atoms. The van der Waals surface area contributed by atoms with Gasteiger partial charge < -0.3 is 10.3 Å². The van der Waals surface area contributed by atoms with Gasteiger partial charge in [-0.05, 0) is 25.5 Å². The maximum absolute atomic E-state index is 4.57. The van der Waals surface area contributed by atoms with Crippen molar-refractivity contribution < 1.29 is 0 Å². The Balaban J connectivity index is 1.75. The third-order valence-corrected chi connectivity index (χ3v) is 3.95. The quantitative estimate of drug-likeness (QED) is 0.605. The largest absolute Gasteiger partial charge is 0.352 e. The molecule has 0 aromatic carbocycles. The maximum atomic E-state index is 4.57. The lowest BCUT2D eigenvalue weighted by molar-refractivity contribution is 0.754. The molecule has 0 spiro atoms. The van der Waals surface area contributed by atoms with Crippen molar-refractivity contribution in [2.75, 3.05) is 5.32 Å². The van der Waals surface area contributed by atoms with Crippen LogP contribution in [0.3, 0.4) is 0 Å². The molecule has 116 valence electrons. The minimum atomic E-state index is 0.340. The molecule has 23 heavy (non-hydrogen) atoms. The van der Waals surface area contributed by atoms with Crippen molar-refractivity contribution in [1.29, 1.82) is 0 Å². The van der Waals surface area contributed by atoms with Crippen molar-refractivity contribution in [2.24, 2.45) is 0 Å². The van der Waals surface area contributed by atoms with Gasteiger partial charge in [-0.2, -0.15) is 10.1 Å². The fourth-order valence-electron chi connectivity index (χ4n) is 2.47. The van der Waals surface area contributed by atoms with Gasteiger partial charge in [-0.15, -0.1) is 0 Å². The van der Waals surface area contributed by atoms with Gasteiger partial charge in [-0.25, -0.2) is 14.5 Å². The minimum absolute atomic E-state index is 0.340. The monoisotopic (exact) mass is 307 g/mol. The van der Waals surface area contributed by atoms with E-state index in [4.69, 9.17) is 0 Å². The van der Waals surface area contributed by atoms with Gasteiger partial charge in [0.15, 0.2) is 5.65 Å². The van der Waals surface area contributed by atoms with Crippen LogP contribution in [-0.4, -0.2) is 35.6 Å². The van der Waals surface area contributed by atoms with Crippen molar-refractivity contribution in [3.63, 3.8) is 0 Å². The van der Waals surface area contributed by atoms with Crippen LogP contribution < -0.4 is 5.32 Å². The third kappa shape index (κ3) is 2.40. The lowest BCUT2D eigenvalue weighted by Gasteiger charge is -2.10. The summed E-state index contributed by atoms with van der Waals surface area (Å²) in [5.74, 6) is 0.637. The van der Waals surface area contributed by atoms with Crippen LogP contribution in [0.5, 0.6) is 0 Å². The number of nitrogens with zero attached hydrogens (tertiary/aromatic N) is 5. The summed E-state index contributed by atoms with van der Waals surface area (Å²) in [6, 6.07) is 4.24. The van der Waals surface area contributed by atoms with E-state index in [0.29, 0.717) is 12.0 Å². The first kappa shape index (κ1) is 13.7. The molecule has 0 aliphatic heterocycles. The molecule has 0 fully saturated rings. The van der Waals surface area contributed by atoms with Gasteiger partial charge in [-0.1, -0.05) is 6.92 Å². The SMILES string of the molecule is CCC(C)Nc1ncc2c(-c3ccc4nccn4n3)c[nH]c2n1. The van der Waals surface area contributed by atoms with Gasteiger partial charge in [0.05, 0.1) is 5.69 Å². The molecule has 4 aromatic heterocycles. The summed E-state index contributed by atoms with van der Waals surface area (Å²) in [7, 11) is 0. The van der Waals surface area contributed by atoms with E-state index >= 15 is 0 Å². The molecule has 7 heteroatoms. The molecule has 4 aromatic rings. The van der Waals surface area contributed by atoms with Gasteiger partial charge in [0.1, 0.15) is 5.65 Å². The van der Waals surface area contributed by atoms with Crippen LogP contribution in [0.25, 0.3) is 27.9 Å². The van der Waals surface area contributed by atoms with Gasteiger partial charge in [0.25, 0.3) is 0 Å². The summed E-state index contributed by atoms with van der Waals surface area (Å²) in [6.45, 7) is 4.23. The molecule has 1 atom stereocenters. The van der Waals surface area contributed by atoms with Crippen molar-refractivity contribution in [1.82, 2.24) is 29.5 Å². The van der Waals surface area contributed by atoms with E-state index in [1.54, 1.807) is 10.7 Å². The highest BCUT2D eigenvalue weighted by molar-refractivity contribution is 5.92. The molecule has 0 saturated carbocycles. The summed E-state index contributed by atoms with van der Waals surface area (Å²) in [5, 5.41) is 8.81. The molecule has 0 radical (unpaired) electrons. The van der Waals surface area contributed by atoms with E-state index in [1.807, 2.05) is 30.7 Å².